The van der Waals surface area contributed by atoms with Crippen LogP contribution in [0.25, 0.3) is 11.3 Å². The second-order valence-corrected chi connectivity index (χ2v) is 6.90. The first kappa shape index (κ1) is 16.1. The molecule has 1 unspecified atom stereocenters. The van der Waals surface area contributed by atoms with Gasteiger partial charge in [0, 0.05) is 23.2 Å². The smallest absolute Gasteiger partial charge is 0.206 e. The molecule has 0 saturated heterocycles. The van der Waals surface area contributed by atoms with Crippen LogP contribution < -0.4 is 4.80 Å². The highest BCUT2D eigenvalue weighted by atomic mass is 32.1. The van der Waals surface area contributed by atoms with E-state index >= 15 is 0 Å². The zero-order valence-electron chi connectivity index (χ0n) is 13.6. The number of rotatable bonds is 3. The molecular weight excluding hydrogens is 309 g/mol. The standard InChI is InChI=1S/C18H22FN3S/c1-3-20-18-22(21-16-6-4-5-13(2)11-16)17(12-23-18)14-7-9-15(19)10-8-14/h7-10,12-13H,3-6,11H2,1-2H3. The maximum atomic E-state index is 13.2. The molecule has 0 aliphatic heterocycles. The van der Waals surface area contributed by atoms with Gasteiger partial charge in [0.2, 0.25) is 4.80 Å². The van der Waals surface area contributed by atoms with Gasteiger partial charge < -0.3 is 0 Å². The van der Waals surface area contributed by atoms with Crippen LogP contribution in [0.1, 0.15) is 39.5 Å². The molecule has 0 radical (unpaired) electrons. The zero-order chi connectivity index (χ0) is 16.2. The van der Waals surface area contributed by atoms with Crippen LogP contribution in [0.2, 0.25) is 0 Å². The molecule has 23 heavy (non-hydrogen) atoms. The molecule has 1 aromatic heterocycles. The van der Waals surface area contributed by atoms with Crippen LogP contribution >= 0.6 is 11.3 Å². The Bertz CT molecular complexity index is 755. The van der Waals surface area contributed by atoms with Gasteiger partial charge in [-0.2, -0.15) is 5.10 Å². The third-order valence-corrected chi connectivity index (χ3v) is 4.96. The van der Waals surface area contributed by atoms with Crippen LogP contribution in [0.15, 0.2) is 39.7 Å². The molecule has 3 nitrogen and oxygen atoms in total. The van der Waals surface area contributed by atoms with Crippen molar-refractivity contribution in [1.29, 1.82) is 0 Å². The lowest BCUT2D eigenvalue weighted by molar-refractivity contribution is 0.497. The fourth-order valence-electron chi connectivity index (χ4n) is 2.95. The molecule has 2 aromatic rings. The molecule has 1 saturated carbocycles. The molecule has 1 aromatic carbocycles. The Morgan fingerprint density at radius 2 is 2.09 bits per heavy atom. The van der Waals surface area contributed by atoms with E-state index in [1.165, 1.54) is 30.7 Å². The van der Waals surface area contributed by atoms with Crippen molar-refractivity contribution in [1.82, 2.24) is 4.68 Å². The second kappa shape index (κ2) is 7.21. The summed E-state index contributed by atoms with van der Waals surface area (Å²) in [5.41, 5.74) is 3.18. The van der Waals surface area contributed by atoms with E-state index in [1.54, 1.807) is 23.5 Å². The summed E-state index contributed by atoms with van der Waals surface area (Å²) in [5, 5.41) is 6.96. The minimum atomic E-state index is -0.221. The molecule has 3 rings (SSSR count). The first-order chi connectivity index (χ1) is 11.2. The summed E-state index contributed by atoms with van der Waals surface area (Å²) < 4.78 is 15.1. The van der Waals surface area contributed by atoms with Gasteiger partial charge in [0.15, 0.2) is 0 Å². The summed E-state index contributed by atoms with van der Waals surface area (Å²) in [5.74, 6) is 0.476. The monoisotopic (exact) mass is 331 g/mol. The highest BCUT2D eigenvalue weighted by molar-refractivity contribution is 7.07. The van der Waals surface area contributed by atoms with Gasteiger partial charge in [-0.3, -0.25) is 4.99 Å². The Labute approximate surface area is 140 Å². The summed E-state index contributed by atoms with van der Waals surface area (Å²) in [6.45, 7) is 5.03. The molecule has 0 N–H and O–H groups in total. The van der Waals surface area contributed by atoms with Crippen molar-refractivity contribution in [2.75, 3.05) is 6.54 Å². The normalized spacial score (nSPS) is 21.1. The lowest BCUT2D eigenvalue weighted by atomic mass is 9.89. The molecule has 5 heteroatoms. The molecule has 1 heterocycles. The highest BCUT2D eigenvalue weighted by Gasteiger charge is 2.15. The fourth-order valence-corrected chi connectivity index (χ4v) is 3.85. The van der Waals surface area contributed by atoms with Crippen LogP contribution in [0.5, 0.6) is 0 Å². The van der Waals surface area contributed by atoms with Crippen molar-refractivity contribution >= 4 is 17.0 Å². The lowest BCUT2D eigenvalue weighted by Gasteiger charge is -2.19. The Hall–Kier alpha value is -1.75. The molecule has 0 bridgehead atoms. The van der Waals surface area contributed by atoms with Crippen LogP contribution in [0, 0.1) is 11.7 Å². The van der Waals surface area contributed by atoms with Gasteiger partial charge in [0.05, 0.1) is 5.69 Å². The van der Waals surface area contributed by atoms with Crippen LogP contribution in [0.3, 0.4) is 0 Å². The van der Waals surface area contributed by atoms with E-state index in [1.807, 2.05) is 11.6 Å². The van der Waals surface area contributed by atoms with Crippen molar-refractivity contribution in [3.63, 3.8) is 0 Å². The second-order valence-electron chi connectivity index (χ2n) is 6.06. The molecule has 1 aliphatic rings. The molecular formula is C18H22FN3S. The Morgan fingerprint density at radius 3 is 2.78 bits per heavy atom. The van der Waals surface area contributed by atoms with Crippen LogP contribution in [-0.4, -0.2) is 16.9 Å². The summed E-state index contributed by atoms with van der Waals surface area (Å²) in [6, 6.07) is 6.58. The Morgan fingerprint density at radius 1 is 1.30 bits per heavy atom. The average Bonchev–Trinajstić information content (AvgIpc) is 2.91. The van der Waals surface area contributed by atoms with E-state index in [4.69, 9.17) is 5.10 Å². The Balaban J connectivity index is 2.06. The van der Waals surface area contributed by atoms with E-state index < -0.39 is 0 Å². The first-order valence-corrected chi connectivity index (χ1v) is 9.09. The molecule has 1 atom stereocenters. The predicted molar refractivity (Wildman–Crippen MR) is 94.3 cm³/mol. The van der Waals surface area contributed by atoms with Gasteiger partial charge in [-0.25, -0.2) is 9.07 Å². The molecule has 0 spiro atoms. The number of benzene rings is 1. The first-order valence-electron chi connectivity index (χ1n) is 8.21. The van der Waals surface area contributed by atoms with Gasteiger partial charge in [-0.1, -0.05) is 6.92 Å². The van der Waals surface area contributed by atoms with Gasteiger partial charge >= 0.3 is 0 Å². The summed E-state index contributed by atoms with van der Waals surface area (Å²) in [4.78, 5) is 5.46. The van der Waals surface area contributed by atoms with E-state index in [0.717, 1.165) is 35.4 Å². The van der Waals surface area contributed by atoms with E-state index in [0.29, 0.717) is 5.92 Å². The molecule has 1 aliphatic carbocycles. The van der Waals surface area contributed by atoms with E-state index in [2.05, 4.69) is 17.3 Å². The SMILES string of the molecule is CCN=c1scc(-c2ccc(F)cc2)n1N=C1CCCC(C)C1. The lowest BCUT2D eigenvalue weighted by Crippen LogP contribution is -2.18. The zero-order valence-corrected chi connectivity index (χ0v) is 14.4. The predicted octanol–water partition coefficient (Wildman–Crippen LogP) is 4.69. The Kier molecular flexibility index (Phi) is 5.06. The van der Waals surface area contributed by atoms with E-state index in [9.17, 15) is 4.39 Å². The minimum absolute atomic E-state index is 0.221. The summed E-state index contributed by atoms with van der Waals surface area (Å²) in [6.07, 6.45) is 4.60. The quantitative estimate of drug-likeness (QED) is 0.781. The molecule has 1 fully saturated rings. The number of thiazole rings is 1. The number of nitrogens with zero attached hydrogens (tertiary/aromatic N) is 3. The topological polar surface area (TPSA) is 29.6 Å². The average molecular weight is 331 g/mol. The van der Waals surface area contributed by atoms with Crippen LogP contribution in [0.4, 0.5) is 4.39 Å². The van der Waals surface area contributed by atoms with Crippen molar-refractivity contribution in [3.8, 4) is 11.3 Å². The minimum Gasteiger partial charge on any atom is -0.258 e. The van der Waals surface area contributed by atoms with Gasteiger partial charge in [0.1, 0.15) is 5.82 Å². The number of hydrogen-bond donors (Lipinski definition) is 0. The molecule has 0 amide bonds. The van der Waals surface area contributed by atoms with Crippen molar-refractivity contribution in [2.24, 2.45) is 16.0 Å². The maximum absolute atomic E-state index is 13.2. The molecule has 122 valence electrons. The van der Waals surface area contributed by atoms with Crippen molar-refractivity contribution < 1.29 is 4.39 Å². The fraction of sp³-hybridized carbons (Fsp3) is 0.444. The third kappa shape index (κ3) is 3.78. The van der Waals surface area contributed by atoms with Crippen molar-refractivity contribution in [3.05, 3.63) is 40.3 Å². The summed E-state index contributed by atoms with van der Waals surface area (Å²) in [7, 11) is 0. The van der Waals surface area contributed by atoms with E-state index in [-0.39, 0.29) is 5.82 Å². The van der Waals surface area contributed by atoms with Crippen LogP contribution in [-0.2, 0) is 0 Å². The highest BCUT2D eigenvalue weighted by Crippen LogP contribution is 2.24. The van der Waals surface area contributed by atoms with Gasteiger partial charge in [0.25, 0.3) is 0 Å². The van der Waals surface area contributed by atoms with Gasteiger partial charge in [-0.15, -0.1) is 11.3 Å². The maximum Gasteiger partial charge on any atom is 0.206 e. The number of aromatic nitrogens is 1. The third-order valence-electron chi connectivity index (χ3n) is 4.11. The van der Waals surface area contributed by atoms with Crippen molar-refractivity contribution in [2.45, 2.75) is 39.5 Å². The van der Waals surface area contributed by atoms with Gasteiger partial charge in [-0.05, 0) is 62.8 Å². The number of hydrogen-bond acceptors (Lipinski definition) is 3. The number of halogens is 1. The largest absolute Gasteiger partial charge is 0.258 e. The summed E-state index contributed by atoms with van der Waals surface area (Å²) >= 11 is 1.58.